The van der Waals surface area contributed by atoms with E-state index in [2.05, 4.69) is 0 Å². The maximum Gasteiger partial charge on any atom is 0.175 e. The van der Waals surface area contributed by atoms with Gasteiger partial charge in [-0.05, 0) is 24.1 Å². The molecule has 1 atom stereocenters. The Balaban J connectivity index is 2.84. The van der Waals surface area contributed by atoms with Crippen molar-refractivity contribution in [2.24, 2.45) is 5.73 Å². The van der Waals surface area contributed by atoms with E-state index < -0.39 is 9.84 Å². The van der Waals surface area contributed by atoms with Gasteiger partial charge in [-0.1, -0.05) is 12.1 Å². The molecule has 0 bridgehead atoms. The molecule has 0 saturated heterocycles. The van der Waals surface area contributed by atoms with Crippen molar-refractivity contribution in [3.63, 3.8) is 0 Å². The summed E-state index contributed by atoms with van der Waals surface area (Å²) in [6.07, 6.45) is 2.14. The number of nitrogens with two attached hydrogens (primary N) is 1. The molecule has 4 nitrogen and oxygen atoms in total. The fourth-order valence-corrected chi connectivity index (χ4v) is 1.98. The number of rotatable bonds is 4. The van der Waals surface area contributed by atoms with Crippen LogP contribution < -0.4 is 5.73 Å². The minimum atomic E-state index is -3.16. The number of benzene rings is 1. The second-order valence-electron chi connectivity index (χ2n) is 3.64. The summed E-state index contributed by atoms with van der Waals surface area (Å²) in [5.74, 6) is 0. The summed E-state index contributed by atoms with van der Waals surface area (Å²) in [6.45, 7) is 0. The number of hydrogen-bond donors (Lipinski definition) is 1. The Bertz CT molecular complexity index is 486. The average molecular weight is 238 g/mol. The molecule has 0 aromatic heterocycles. The lowest BCUT2D eigenvalue weighted by Gasteiger charge is -2.10. The van der Waals surface area contributed by atoms with Gasteiger partial charge in [0.05, 0.1) is 11.0 Å². The molecule has 0 aliphatic rings. The van der Waals surface area contributed by atoms with Gasteiger partial charge in [0.25, 0.3) is 0 Å². The van der Waals surface area contributed by atoms with Crippen LogP contribution in [0.5, 0.6) is 0 Å². The van der Waals surface area contributed by atoms with Gasteiger partial charge in [-0.15, -0.1) is 0 Å². The molecule has 2 N–H and O–H groups in total. The van der Waals surface area contributed by atoms with Crippen LogP contribution in [0.1, 0.15) is 24.4 Å². The highest BCUT2D eigenvalue weighted by Crippen LogP contribution is 2.18. The van der Waals surface area contributed by atoms with E-state index in [9.17, 15) is 8.42 Å². The summed E-state index contributed by atoms with van der Waals surface area (Å²) in [6, 6.07) is 8.28. The zero-order valence-corrected chi connectivity index (χ0v) is 9.87. The van der Waals surface area contributed by atoms with Crippen LogP contribution in [0.3, 0.4) is 0 Å². The van der Waals surface area contributed by atoms with Gasteiger partial charge >= 0.3 is 0 Å². The van der Waals surface area contributed by atoms with Crippen molar-refractivity contribution in [2.75, 3.05) is 6.26 Å². The maximum atomic E-state index is 11.2. The number of nitrogens with zero attached hydrogens (tertiary/aromatic N) is 1. The minimum Gasteiger partial charge on any atom is -0.324 e. The summed E-state index contributed by atoms with van der Waals surface area (Å²) >= 11 is 0. The van der Waals surface area contributed by atoms with E-state index in [1.165, 1.54) is 12.1 Å². The molecule has 0 spiro atoms. The van der Waals surface area contributed by atoms with Crippen LogP contribution in [0.2, 0.25) is 0 Å². The minimum absolute atomic E-state index is 0.215. The monoisotopic (exact) mass is 238 g/mol. The van der Waals surface area contributed by atoms with E-state index in [1.807, 2.05) is 6.07 Å². The predicted molar refractivity (Wildman–Crippen MR) is 61.3 cm³/mol. The molecule has 1 rings (SSSR count). The zero-order valence-electron chi connectivity index (χ0n) is 9.05. The SMILES string of the molecule is CS(=O)(=O)c1ccc(C(N)CCC#N)cc1. The van der Waals surface area contributed by atoms with Crippen LogP contribution in [-0.2, 0) is 9.84 Å². The largest absolute Gasteiger partial charge is 0.324 e. The van der Waals surface area contributed by atoms with Gasteiger partial charge < -0.3 is 5.73 Å². The Hall–Kier alpha value is -1.38. The van der Waals surface area contributed by atoms with E-state index in [-0.39, 0.29) is 10.9 Å². The van der Waals surface area contributed by atoms with Crippen molar-refractivity contribution in [1.29, 1.82) is 5.26 Å². The Morgan fingerprint density at radius 2 is 1.94 bits per heavy atom. The van der Waals surface area contributed by atoms with Crippen LogP contribution in [0.15, 0.2) is 29.2 Å². The highest BCUT2D eigenvalue weighted by molar-refractivity contribution is 7.90. The van der Waals surface area contributed by atoms with E-state index in [4.69, 9.17) is 11.0 Å². The molecule has 0 heterocycles. The summed E-state index contributed by atoms with van der Waals surface area (Å²) in [7, 11) is -3.16. The number of sulfone groups is 1. The highest BCUT2D eigenvalue weighted by atomic mass is 32.2. The topological polar surface area (TPSA) is 83.9 Å². The van der Waals surface area contributed by atoms with Crippen molar-refractivity contribution < 1.29 is 8.42 Å². The quantitative estimate of drug-likeness (QED) is 0.859. The van der Waals surface area contributed by atoms with Crippen LogP contribution in [0.25, 0.3) is 0 Å². The molecule has 5 heteroatoms. The maximum absolute atomic E-state index is 11.2. The Labute approximate surface area is 95.6 Å². The standard InChI is InChI=1S/C11H14N2O2S/c1-16(14,15)10-6-4-9(5-7-10)11(13)3-2-8-12/h4-7,11H,2-3,13H2,1H3. The Kier molecular flexibility index (Phi) is 4.05. The normalized spacial score (nSPS) is 13.1. The van der Waals surface area contributed by atoms with Gasteiger partial charge in [-0.2, -0.15) is 5.26 Å². The van der Waals surface area contributed by atoms with Crippen molar-refractivity contribution in [3.05, 3.63) is 29.8 Å². The summed E-state index contributed by atoms with van der Waals surface area (Å²) in [4.78, 5) is 0.281. The van der Waals surface area contributed by atoms with Crippen LogP contribution in [0, 0.1) is 11.3 Å². The van der Waals surface area contributed by atoms with Crippen molar-refractivity contribution >= 4 is 9.84 Å². The second kappa shape index (κ2) is 5.10. The molecule has 0 aliphatic carbocycles. The lowest BCUT2D eigenvalue weighted by molar-refractivity contribution is 0.601. The molecule has 16 heavy (non-hydrogen) atoms. The fraction of sp³-hybridized carbons (Fsp3) is 0.364. The zero-order chi connectivity index (χ0) is 12.2. The number of nitriles is 1. The number of hydrogen-bond acceptors (Lipinski definition) is 4. The van der Waals surface area contributed by atoms with E-state index >= 15 is 0 Å². The molecule has 0 aliphatic heterocycles. The summed E-state index contributed by atoms with van der Waals surface area (Å²) < 4.78 is 22.4. The van der Waals surface area contributed by atoms with E-state index in [1.54, 1.807) is 12.1 Å². The summed E-state index contributed by atoms with van der Waals surface area (Å²) in [5.41, 5.74) is 6.69. The first-order valence-electron chi connectivity index (χ1n) is 4.87. The predicted octanol–water partition coefficient (Wildman–Crippen LogP) is 1.39. The third-order valence-corrected chi connectivity index (χ3v) is 3.43. The lowest BCUT2D eigenvalue weighted by Crippen LogP contribution is -2.10. The smallest absolute Gasteiger partial charge is 0.175 e. The van der Waals surface area contributed by atoms with Gasteiger partial charge in [0.15, 0.2) is 9.84 Å². The van der Waals surface area contributed by atoms with Crippen molar-refractivity contribution in [2.45, 2.75) is 23.8 Å². The Morgan fingerprint density at radius 1 is 1.38 bits per heavy atom. The molecular formula is C11H14N2O2S. The molecule has 0 fully saturated rings. The van der Waals surface area contributed by atoms with Crippen molar-refractivity contribution in [1.82, 2.24) is 0 Å². The van der Waals surface area contributed by atoms with E-state index in [0.717, 1.165) is 11.8 Å². The molecule has 86 valence electrons. The first-order chi connectivity index (χ1) is 7.45. The third-order valence-electron chi connectivity index (χ3n) is 2.30. The lowest BCUT2D eigenvalue weighted by atomic mass is 10.0. The first-order valence-corrected chi connectivity index (χ1v) is 6.77. The fourth-order valence-electron chi connectivity index (χ4n) is 1.35. The van der Waals surface area contributed by atoms with Gasteiger partial charge in [0, 0.05) is 18.7 Å². The van der Waals surface area contributed by atoms with E-state index in [0.29, 0.717) is 12.8 Å². The first kappa shape index (κ1) is 12.7. The highest BCUT2D eigenvalue weighted by Gasteiger charge is 2.09. The molecule has 0 radical (unpaired) electrons. The van der Waals surface area contributed by atoms with Crippen LogP contribution in [-0.4, -0.2) is 14.7 Å². The second-order valence-corrected chi connectivity index (χ2v) is 5.66. The average Bonchev–Trinajstić information content (AvgIpc) is 2.25. The van der Waals surface area contributed by atoms with Gasteiger partial charge in [0.1, 0.15) is 0 Å². The van der Waals surface area contributed by atoms with Crippen molar-refractivity contribution in [3.8, 4) is 6.07 Å². The molecule has 1 aromatic rings. The molecule has 1 aromatic carbocycles. The van der Waals surface area contributed by atoms with Gasteiger partial charge in [-0.3, -0.25) is 0 Å². The molecule has 0 saturated carbocycles. The van der Waals surface area contributed by atoms with Gasteiger partial charge in [-0.25, -0.2) is 8.42 Å². The Morgan fingerprint density at radius 3 is 2.38 bits per heavy atom. The van der Waals surface area contributed by atoms with Crippen LogP contribution in [0.4, 0.5) is 0 Å². The van der Waals surface area contributed by atoms with Crippen LogP contribution >= 0.6 is 0 Å². The molecule has 0 amide bonds. The molecular weight excluding hydrogens is 224 g/mol. The summed E-state index contributed by atoms with van der Waals surface area (Å²) in [5, 5.41) is 8.43. The third kappa shape index (κ3) is 3.33. The molecule has 1 unspecified atom stereocenters. The van der Waals surface area contributed by atoms with Gasteiger partial charge in [0.2, 0.25) is 0 Å².